The zero-order chi connectivity index (χ0) is 25.9. The first-order chi connectivity index (χ1) is 18.0. The Morgan fingerprint density at radius 1 is 1.05 bits per heavy atom. The fraction of sp³-hybridized carbons (Fsp3) is 0.207. The Bertz CT molecular complexity index is 1460. The molecule has 1 aromatic heterocycles. The van der Waals surface area contributed by atoms with Crippen LogP contribution in [0.2, 0.25) is 0 Å². The molecule has 1 aliphatic heterocycles. The van der Waals surface area contributed by atoms with Gasteiger partial charge in [-0.3, -0.25) is 4.90 Å². The van der Waals surface area contributed by atoms with E-state index >= 15 is 0 Å². The maximum Gasteiger partial charge on any atom is 0.322 e. The van der Waals surface area contributed by atoms with Gasteiger partial charge in [0.25, 0.3) is 5.89 Å². The molecule has 1 N–H and O–H groups in total. The highest BCUT2D eigenvalue weighted by Gasteiger charge is 2.36. The molecule has 37 heavy (non-hydrogen) atoms. The summed E-state index contributed by atoms with van der Waals surface area (Å²) in [4.78, 5) is 19.6. The molecule has 0 spiro atoms. The van der Waals surface area contributed by atoms with Gasteiger partial charge in [-0.15, -0.1) is 0 Å². The Labute approximate surface area is 214 Å². The number of aromatic nitrogens is 2. The SMILES string of the molecule is CCc1ccc(CN2C(=O)NC(c3cccc(OC)c3)C(c3nc(-c4cccc(F)c4)no3)=C2C)cc1. The topological polar surface area (TPSA) is 80.5 Å². The average Bonchev–Trinajstić information content (AvgIpc) is 3.41. The second-order valence-corrected chi connectivity index (χ2v) is 8.85. The number of urea groups is 1. The van der Waals surface area contributed by atoms with Crippen LogP contribution >= 0.6 is 0 Å². The first kappa shape index (κ1) is 24.2. The summed E-state index contributed by atoms with van der Waals surface area (Å²) in [6.45, 7) is 4.35. The molecule has 0 saturated heterocycles. The van der Waals surface area contributed by atoms with Gasteiger partial charge in [0.1, 0.15) is 11.6 Å². The Morgan fingerprint density at radius 2 is 1.81 bits per heavy atom. The molecule has 2 amide bonds. The van der Waals surface area contributed by atoms with E-state index in [0.717, 1.165) is 17.5 Å². The van der Waals surface area contributed by atoms with Crippen LogP contribution in [0.15, 0.2) is 83.0 Å². The Balaban J connectivity index is 1.59. The van der Waals surface area contributed by atoms with E-state index in [2.05, 4.69) is 34.5 Å². The number of amides is 2. The lowest BCUT2D eigenvalue weighted by Crippen LogP contribution is -2.45. The number of allylic oxidation sites excluding steroid dienone is 1. The normalized spacial score (nSPS) is 15.6. The van der Waals surface area contributed by atoms with Crippen LogP contribution in [0.5, 0.6) is 5.75 Å². The summed E-state index contributed by atoms with van der Waals surface area (Å²) >= 11 is 0. The molecule has 0 fully saturated rings. The van der Waals surface area contributed by atoms with Crippen molar-refractivity contribution < 1.29 is 18.4 Å². The molecule has 1 unspecified atom stereocenters. The number of aryl methyl sites for hydroxylation is 1. The van der Waals surface area contributed by atoms with Crippen molar-refractivity contribution in [3.8, 4) is 17.1 Å². The standard InChI is InChI=1S/C29H27FN4O3/c1-4-19-11-13-20(14-12-19)17-34-18(2)25(26(31-29(34)35)21-7-6-10-24(16-21)36-3)28-32-27(33-37-28)22-8-5-9-23(30)15-22/h5-16,26H,4,17H2,1-3H3,(H,31,35). The molecule has 0 aliphatic carbocycles. The van der Waals surface area contributed by atoms with Crippen LogP contribution in [0.25, 0.3) is 17.0 Å². The lowest BCUT2D eigenvalue weighted by Gasteiger charge is -2.35. The highest BCUT2D eigenvalue weighted by molar-refractivity contribution is 5.87. The summed E-state index contributed by atoms with van der Waals surface area (Å²) in [5.74, 6) is 0.778. The van der Waals surface area contributed by atoms with Crippen LogP contribution in [-0.2, 0) is 13.0 Å². The molecule has 1 aliphatic rings. The van der Waals surface area contributed by atoms with Crippen molar-refractivity contribution in [3.05, 3.63) is 107 Å². The quantitative estimate of drug-likeness (QED) is 0.331. The summed E-state index contributed by atoms with van der Waals surface area (Å²) in [5.41, 5.74) is 4.88. The number of hydrogen-bond donors (Lipinski definition) is 1. The van der Waals surface area contributed by atoms with Gasteiger partial charge in [0, 0.05) is 11.3 Å². The van der Waals surface area contributed by atoms with E-state index in [-0.39, 0.29) is 17.7 Å². The van der Waals surface area contributed by atoms with Crippen LogP contribution in [0, 0.1) is 5.82 Å². The number of rotatable bonds is 7. The average molecular weight is 499 g/mol. The van der Waals surface area contributed by atoms with E-state index in [1.165, 1.54) is 17.7 Å². The number of hydrogen-bond acceptors (Lipinski definition) is 5. The van der Waals surface area contributed by atoms with Gasteiger partial charge < -0.3 is 14.6 Å². The van der Waals surface area contributed by atoms with Gasteiger partial charge in [0.2, 0.25) is 5.82 Å². The largest absolute Gasteiger partial charge is 0.497 e. The lowest BCUT2D eigenvalue weighted by molar-refractivity contribution is 0.203. The van der Waals surface area contributed by atoms with Gasteiger partial charge in [0.15, 0.2) is 0 Å². The zero-order valence-corrected chi connectivity index (χ0v) is 20.9. The second-order valence-electron chi connectivity index (χ2n) is 8.85. The Hall–Kier alpha value is -4.46. The number of nitrogens with zero attached hydrogens (tertiary/aromatic N) is 3. The predicted molar refractivity (Wildman–Crippen MR) is 138 cm³/mol. The molecular formula is C29H27FN4O3. The maximum atomic E-state index is 13.8. The van der Waals surface area contributed by atoms with Crippen molar-refractivity contribution in [2.24, 2.45) is 0 Å². The third kappa shape index (κ3) is 4.95. The number of nitrogens with one attached hydrogen (secondary N) is 1. The number of carbonyl (C=O) groups excluding carboxylic acids is 1. The summed E-state index contributed by atoms with van der Waals surface area (Å²) < 4.78 is 24.9. The van der Waals surface area contributed by atoms with Gasteiger partial charge in [-0.05, 0) is 54.3 Å². The van der Waals surface area contributed by atoms with Gasteiger partial charge in [-0.1, -0.05) is 60.6 Å². The number of benzene rings is 3. The third-order valence-electron chi connectivity index (χ3n) is 6.53. The molecular weight excluding hydrogens is 471 g/mol. The fourth-order valence-corrected chi connectivity index (χ4v) is 4.46. The highest BCUT2D eigenvalue weighted by atomic mass is 19.1. The summed E-state index contributed by atoms with van der Waals surface area (Å²) in [6.07, 6.45) is 0.945. The molecule has 5 rings (SSSR count). The van der Waals surface area contributed by atoms with E-state index in [1.807, 2.05) is 43.3 Å². The Morgan fingerprint density at radius 3 is 2.54 bits per heavy atom. The monoisotopic (exact) mass is 498 g/mol. The number of methoxy groups -OCH3 is 1. The molecule has 3 aromatic carbocycles. The first-order valence-corrected chi connectivity index (χ1v) is 12.1. The van der Waals surface area contributed by atoms with E-state index in [0.29, 0.717) is 29.1 Å². The number of ether oxygens (including phenoxy) is 1. The van der Waals surface area contributed by atoms with Gasteiger partial charge in [-0.2, -0.15) is 4.98 Å². The van der Waals surface area contributed by atoms with Gasteiger partial charge in [0.05, 0.1) is 25.3 Å². The van der Waals surface area contributed by atoms with Crippen LogP contribution in [0.3, 0.4) is 0 Å². The van der Waals surface area contributed by atoms with E-state index < -0.39 is 11.9 Å². The van der Waals surface area contributed by atoms with Crippen LogP contribution in [0.1, 0.15) is 42.5 Å². The summed E-state index contributed by atoms with van der Waals surface area (Å²) in [6, 6.07) is 20.9. The predicted octanol–water partition coefficient (Wildman–Crippen LogP) is 6.14. The molecule has 4 aromatic rings. The number of halogens is 1. The minimum absolute atomic E-state index is 0.237. The minimum Gasteiger partial charge on any atom is -0.497 e. The molecule has 8 heteroatoms. The van der Waals surface area contributed by atoms with Crippen molar-refractivity contribution in [2.75, 3.05) is 7.11 Å². The van der Waals surface area contributed by atoms with Crippen molar-refractivity contribution >= 4 is 11.6 Å². The summed E-state index contributed by atoms with van der Waals surface area (Å²) in [7, 11) is 1.59. The van der Waals surface area contributed by atoms with Crippen molar-refractivity contribution in [2.45, 2.75) is 32.9 Å². The zero-order valence-electron chi connectivity index (χ0n) is 20.9. The molecule has 0 saturated carbocycles. The van der Waals surface area contributed by atoms with Crippen LogP contribution in [-0.4, -0.2) is 28.2 Å². The van der Waals surface area contributed by atoms with E-state index in [4.69, 9.17) is 9.26 Å². The lowest BCUT2D eigenvalue weighted by atomic mass is 9.94. The molecule has 0 radical (unpaired) electrons. The van der Waals surface area contributed by atoms with Crippen molar-refractivity contribution in [1.82, 2.24) is 20.4 Å². The van der Waals surface area contributed by atoms with Gasteiger partial charge in [-0.25, -0.2) is 9.18 Å². The molecule has 1 atom stereocenters. The van der Waals surface area contributed by atoms with Crippen LogP contribution < -0.4 is 10.1 Å². The second kappa shape index (κ2) is 10.3. The highest BCUT2D eigenvalue weighted by Crippen LogP contribution is 2.38. The van der Waals surface area contributed by atoms with Crippen LogP contribution in [0.4, 0.5) is 9.18 Å². The molecule has 7 nitrogen and oxygen atoms in total. The Kier molecular flexibility index (Phi) is 6.72. The third-order valence-corrected chi connectivity index (χ3v) is 6.53. The minimum atomic E-state index is -0.554. The van der Waals surface area contributed by atoms with E-state index in [1.54, 1.807) is 24.1 Å². The molecule has 2 heterocycles. The van der Waals surface area contributed by atoms with E-state index in [9.17, 15) is 9.18 Å². The molecule has 0 bridgehead atoms. The van der Waals surface area contributed by atoms with Crippen molar-refractivity contribution in [3.63, 3.8) is 0 Å². The van der Waals surface area contributed by atoms with Gasteiger partial charge >= 0.3 is 6.03 Å². The maximum absolute atomic E-state index is 13.8. The smallest absolute Gasteiger partial charge is 0.322 e. The van der Waals surface area contributed by atoms with Crippen molar-refractivity contribution in [1.29, 1.82) is 0 Å². The summed E-state index contributed by atoms with van der Waals surface area (Å²) in [5, 5.41) is 7.20. The fourth-order valence-electron chi connectivity index (χ4n) is 4.46. The molecule has 188 valence electrons. The first-order valence-electron chi connectivity index (χ1n) is 12.1. The number of carbonyl (C=O) groups is 1.